The summed E-state index contributed by atoms with van der Waals surface area (Å²) in [5.74, 6) is 0. The Kier molecular flexibility index (Phi) is 8.72. The van der Waals surface area contributed by atoms with E-state index in [1.54, 1.807) is 0 Å². The van der Waals surface area contributed by atoms with Gasteiger partial charge in [-0.05, 0) is 107 Å². The van der Waals surface area contributed by atoms with Crippen LogP contribution in [0, 0.1) is 0 Å². The van der Waals surface area contributed by atoms with Crippen LogP contribution in [0.4, 0.5) is 17.1 Å². The molecule has 0 heterocycles. The summed E-state index contributed by atoms with van der Waals surface area (Å²) in [5, 5.41) is 0. The van der Waals surface area contributed by atoms with Crippen molar-refractivity contribution >= 4 is 28.2 Å². The third-order valence-electron chi connectivity index (χ3n) is 9.63. The number of rotatable bonds is 8. The second-order valence-corrected chi connectivity index (χ2v) is 12.8. The molecule has 0 spiro atoms. The standard InChI is InChI=1S/C48H39N/c1-6-16-36(17-7-1)39-26-30-44(31-27-39)49(45-32-28-40(29-33-45)37-18-8-2-9-19-37)48-46(41-22-12-4-13-23-41)34-43(38-20-10-3-11-21-38)35-47(48)42-24-14-5-15-25-42/h1-12,14,16-22,24,26-35H,13,15,23,25H2. The highest BCUT2D eigenvalue weighted by Crippen LogP contribution is 2.48. The Morgan fingerprint density at radius 2 is 0.735 bits per heavy atom. The number of nitrogens with zero attached hydrogens (tertiary/aromatic N) is 1. The Balaban J connectivity index is 1.38. The normalized spacial score (nSPS) is 13.9. The van der Waals surface area contributed by atoms with E-state index in [1.165, 1.54) is 61.3 Å². The van der Waals surface area contributed by atoms with Crippen molar-refractivity contribution in [2.45, 2.75) is 25.7 Å². The van der Waals surface area contributed by atoms with Crippen LogP contribution in [0.1, 0.15) is 36.8 Å². The molecule has 0 aliphatic heterocycles. The van der Waals surface area contributed by atoms with Gasteiger partial charge < -0.3 is 4.90 Å². The van der Waals surface area contributed by atoms with Crippen molar-refractivity contribution in [2.75, 3.05) is 4.90 Å². The van der Waals surface area contributed by atoms with E-state index in [4.69, 9.17) is 0 Å². The van der Waals surface area contributed by atoms with Crippen molar-refractivity contribution in [1.29, 1.82) is 0 Å². The number of benzene rings is 6. The molecule has 2 aliphatic rings. The maximum Gasteiger partial charge on any atom is 0.0612 e. The summed E-state index contributed by atoms with van der Waals surface area (Å²) >= 11 is 0. The number of hydrogen-bond donors (Lipinski definition) is 0. The molecule has 6 aromatic rings. The molecule has 0 fully saturated rings. The van der Waals surface area contributed by atoms with Crippen LogP contribution < -0.4 is 4.90 Å². The van der Waals surface area contributed by atoms with Gasteiger partial charge in [0.2, 0.25) is 0 Å². The van der Waals surface area contributed by atoms with Gasteiger partial charge in [-0.2, -0.15) is 0 Å². The van der Waals surface area contributed by atoms with Gasteiger partial charge in [0.25, 0.3) is 0 Å². The minimum atomic E-state index is 1.01. The molecule has 0 N–H and O–H groups in total. The Morgan fingerprint density at radius 1 is 0.367 bits per heavy atom. The highest BCUT2D eigenvalue weighted by Gasteiger charge is 2.25. The first-order valence-electron chi connectivity index (χ1n) is 17.4. The molecule has 0 unspecified atom stereocenters. The summed E-state index contributed by atoms with van der Waals surface area (Å²) < 4.78 is 0. The molecule has 236 valence electrons. The second kappa shape index (κ2) is 14.1. The first kappa shape index (κ1) is 30.4. The SMILES string of the molecule is C1=CCCC(c2cc(-c3ccccc3)cc(C3=CC=CCC3)c2N(c2ccc(-c3ccccc3)cc2)c2ccc(-c3ccccc3)cc2)=C1. The molecule has 1 nitrogen and oxygen atoms in total. The maximum atomic E-state index is 2.50. The lowest BCUT2D eigenvalue weighted by Gasteiger charge is -2.33. The summed E-state index contributed by atoms with van der Waals surface area (Å²) in [4.78, 5) is 2.50. The fourth-order valence-electron chi connectivity index (χ4n) is 7.09. The van der Waals surface area contributed by atoms with Gasteiger partial charge in [-0.15, -0.1) is 0 Å². The molecular formula is C48H39N. The van der Waals surface area contributed by atoms with E-state index in [0.717, 1.165) is 37.1 Å². The Bertz CT molecular complexity index is 2030. The monoisotopic (exact) mass is 629 g/mol. The summed E-state index contributed by atoms with van der Waals surface area (Å²) in [6.45, 7) is 0. The van der Waals surface area contributed by atoms with Crippen LogP contribution in [0.15, 0.2) is 188 Å². The van der Waals surface area contributed by atoms with Gasteiger partial charge in [-0.25, -0.2) is 0 Å². The average molecular weight is 630 g/mol. The minimum absolute atomic E-state index is 1.01. The van der Waals surface area contributed by atoms with E-state index in [-0.39, 0.29) is 0 Å². The average Bonchev–Trinajstić information content (AvgIpc) is 3.20. The number of allylic oxidation sites excluding steroid dienone is 8. The molecule has 0 bridgehead atoms. The van der Waals surface area contributed by atoms with Crippen molar-refractivity contribution < 1.29 is 0 Å². The summed E-state index contributed by atoms with van der Waals surface area (Å²) in [7, 11) is 0. The Hall–Kier alpha value is -5.92. The van der Waals surface area contributed by atoms with E-state index >= 15 is 0 Å². The van der Waals surface area contributed by atoms with Crippen molar-refractivity contribution in [3.63, 3.8) is 0 Å². The van der Waals surface area contributed by atoms with Gasteiger partial charge >= 0.3 is 0 Å². The Morgan fingerprint density at radius 3 is 1.10 bits per heavy atom. The van der Waals surface area contributed by atoms with E-state index in [9.17, 15) is 0 Å². The predicted molar refractivity (Wildman–Crippen MR) is 210 cm³/mol. The summed E-state index contributed by atoms with van der Waals surface area (Å²) in [5.41, 5.74) is 16.2. The third kappa shape index (κ3) is 6.49. The van der Waals surface area contributed by atoms with Crippen LogP contribution in [0.5, 0.6) is 0 Å². The topological polar surface area (TPSA) is 3.24 Å². The van der Waals surface area contributed by atoms with Crippen LogP contribution in [0.25, 0.3) is 44.5 Å². The van der Waals surface area contributed by atoms with Crippen molar-refractivity contribution in [3.8, 4) is 33.4 Å². The predicted octanol–water partition coefficient (Wildman–Crippen LogP) is 13.6. The number of anilines is 3. The van der Waals surface area contributed by atoms with E-state index in [1.807, 2.05) is 0 Å². The van der Waals surface area contributed by atoms with Crippen LogP contribution in [-0.2, 0) is 0 Å². The lowest BCUT2D eigenvalue weighted by molar-refractivity contribution is 1.04. The molecule has 0 amide bonds. The van der Waals surface area contributed by atoms with Crippen molar-refractivity contribution in [1.82, 2.24) is 0 Å². The third-order valence-corrected chi connectivity index (χ3v) is 9.63. The molecule has 6 aromatic carbocycles. The van der Waals surface area contributed by atoms with Gasteiger partial charge in [-0.3, -0.25) is 0 Å². The van der Waals surface area contributed by atoms with Gasteiger partial charge in [0.1, 0.15) is 0 Å². The van der Waals surface area contributed by atoms with Gasteiger partial charge in [0, 0.05) is 22.5 Å². The highest BCUT2D eigenvalue weighted by atomic mass is 15.1. The fraction of sp³-hybridized carbons (Fsp3) is 0.0833. The molecule has 0 saturated carbocycles. The largest absolute Gasteiger partial charge is 0.309 e. The Labute approximate surface area is 290 Å². The zero-order valence-electron chi connectivity index (χ0n) is 27.7. The lowest BCUT2D eigenvalue weighted by Crippen LogP contribution is -2.15. The second-order valence-electron chi connectivity index (χ2n) is 12.8. The van der Waals surface area contributed by atoms with Crippen LogP contribution >= 0.6 is 0 Å². The lowest BCUT2D eigenvalue weighted by atomic mass is 9.85. The fourth-order valence-corrected chi connectivity index (χ4v) is 7.09. The number of hydrogen-bond acceptors (Lipinski definition) is 1. The van der Waals surface area contributed by atoms with Gasteiger partial charge in [-0.1, -0.05) is 152 Å². The van der Waals surface area contributed by atoms with Crippen molar-refractivity contribution in [2.24, 2.45) is 0 Å². The molecule has 49 heavy (non-hydrogen) atoms. The van der Waals surface area contributed by atoms with Gasteiger partial charge in [0.05, 0.1) is 5.69 Å². The molecule has 0 radical (unpaired) electrons. The maximum absolute atomic E-state index is 2.50. The van der Waals surface area contributed by atoms with Gasteiger partial charge in [0.15, 0.2) is 0 Å². The molecule has 0 atom stereocenters. The molecule has 0 saturated heterocycles. The quantitative estimate of drug-likeness (QED) is 0.162. The molecule has 0 aromatic heterocycles. The van der Waals surface area contributed by atoms with Crippen LogP contribution in [0.2, 0.25) is 0 Å². The molecular weight excluding hydrogens is 591 g/mol. The molecule has 2 aliphatic carbocycles. The van der Waals surface area contributed by atoms with E-state index in [2.05, 4.69) is 193 Å². The smallest absolute Gasteiger partial charge is 0.0612 e. The first-order valence-corrected chi connectivity index (χ1v) is 17.4. The van der Waals surface area contributed by atoms with Crippen LogP contribution in [-0.4, -0.2) is 0 Å². The molecule has 8 rings (SSSR count). The first-order chi connectivity index (χ1) is 24.3. The summed E-state index contributed by atoms with van der Waals surface area (Å²) in [6.07, 6.45) is 17.8. The highest BCUT2D eigenvalue weighted by molar-refractivity contribution is 5.97. The zero-order chi connectivity index (χ0) is 32.8. The summed E-state index contributed by atoms with van der Waals surface area (Å²) in [6, 6.07) is 55.2. The van der Waals surface area contributed by atoms with E-state index in [0.29, 0.717) is 0 Å². The van der Waals surface area contributed by atoms with Crippen LogP contribution in [0.3, 0.4) is 0 Å². The van der Waals surface area contributed by atoms with E-state index < -0.39 is 0 Å². The van der Waals surface area contributed by atoms with Crippen molar-refractivity contribution in [3.05, 3.63) is 199 Å². The molecule has 1 heteroatoms. The zero-order valence-corrected chi connectivity index (χ0v) is 27.7. The minimum Gasteiger partial charge on any atom is -0.309 e.